The number of methoxy groups -OCH3 is 1. The lowest BCUT2D eigenvalue weighted by Gasteiger charge is -2.12. The molecule has 2 aromatic carbocycles. The van der Waals surface area contributed by atoms with Gasteiger partial charge in [-0.1, -0.05) is 18.2 Å². The molecule has 0 aromatic heterocycles. The van der Waals surface area contributed by atoms with Crippen LogP contribution in [0.1, 0.15) is 27.9 Å². The van der Waals surface area contributed by atoms with Gasteiger partial charge in [-0.2, -0.15) is 0 Å². The molecule has 0 bridgehead atoms. The third-order valence-electron chi connectivity index (χ3n) is 3.85. The monoisotopic (exact) mass is 376 g/mol. The highest BCUT2D eigenvalue weighted by atomic mass is 32.2. The van der Waals surface area contributed by atoms with Crippen molar-refractivity contribution in [2.45, 2.75) is 25.2 Å². The highest BCUT2D eigenvalue weighted by Gasteiger charge is 2.18. The zero-order chi connectivity index (χ0) is 19.2. The molecule has 2 rings (SSSR count). The smallest absolute Gasteiger partial charge is 0.261 e. The zero-order valence-corrected chi connectivity index (χ0v) is 16.0. The van der Waals surface area contributed by atoms with Crippen molar-refractivity contribution in [3.05, 3.63) is 59.2 Å². The molecule has 6 nitrogen and oxygen atoms in total. The van der Waals surface area contributed by atoms with Crippen LogP contribution in [0.3, 0.4) is 0 Å². The molecule has 0 unspecified atom stereocenters. The van der Waals surface area contributed by atoms with Crippen molar-refractivity contribution in [1.82, 2.24) is 5.32 Å². The van der Waals surface area contributed by atoms with Crippen LogP contribution in [0.4, 0.5) is 5.69 Å². The Labute approximate surface area is 154 Å². The average molecular weight is 376 g/mol. The van der Waals surface area contributed by atoms with Crippen molar-refractivity contribution in [3.8, 4) is 0 Å². The number of aryl methyl sites for hydroxylation is 2. The first-order valence-electron chi connectivity index (χ1n) is 8.31. The summed E-state index contributed by atoms with van der Waals surface area (Å²) < 4.78 is 32.8. The molecular formula is C19H24N2O4S. The highest BCUT2D eigenvalue weighted by Crippen LogP contribution is 2.20. The molecule has 0 saturated heterocycles. The Morgan fingerprint density at radius 2 is 1.88 bits per heavy atom. The van der Waals surface area contributed by atoms with E-state index in [1.165, 1.54) is 12.1 Å². The Morgan fingerprint density at radius 1 is 1.12 bits per heavy atom. The predicted octanol–water partition coefficient (Wildman–Crippen LogP) is 2.87. The van der Waals surface area contributed by atoms with Gasteiger partial charge in [-0.3, -0.25) is 9.52 Å². The number of hydrogen-bond acceptors (Lipinski definition) is 4. The summed E-state index contributed by atoms with van der Waals surface area (Å²) in [6.45, 7) is 4.67. The number of nitrogens with one attached hydrogen (secondary N) is 2. The second-order valence-electron chi connectivity index (χ2n) is 6.05. The van der Waals surface area contributed by atoms with Crippen molar-refractivity contribution < 1.29 is 17.9 Å². The Bertz CT molecular complexity index is 879. The van der Waals surface area contributed by atoms with Crippen LogP contribution < -0.4 is 10.0 Å². The number of rotatable bonds is 8. The number of sulfonamides is 1. The van der Waals surface area contributed by atoms with Crippen LogP contribution in [-0.4, -0.2) is 34.6 Å². The van der Waals surface area contributed by atoms with E-state index in [0.717, 1.165) is 5.56 Å². The summed E-state index contributed by atoms with van der Waals surface area (Å²) in [5, 5.41) is 2.78. The quantitative estimate of drug-likeness (QED) is 0.694. The van der Waals surface area contributed by atoms with E-state index < -0.39 is 10.0 Å². The van der Waals surface area contributed by atoms with E-state index in [9.17, 15) is 13.2 Å². The molecule has 7 heteroatoms. The first-order chi connectivity index (χ1) is 12.3. The molecule has 0 aliphatic rings. The normalized spacial score (nSPS) is 11.2. The van der Waals surface area contributed by atoms with Crippen LogP contribution in [0.5, 0.6) is 0 Å². The molecule has 0 aliphatic heterocycles. The third kappa shape index (κ3) is 5.31. The molecule has 0 spiro atoms. The first-order valence-corrected chi connectivity index (χ1v) is 9.79. The summed E-state index contributed by atoms with van der Waals surface area (Å²) >= 11 is 0. The fraction of sp³-hybridized carbons (Fsp3) is 0.316. The van der Waals surface area contributed by atoms with Crippen LogP contribution in [0.25, 0.3) is 0 Å². The number of amides is 1. The van der Waals surface area contributed by atoms with E-state index in [1.807, 2.05) is 13.0 Å². The third-order valence-corrected chi connectivity index (χ3v) is 5.22. The maximum absolute atomic E-state index is 12.6. The molecule has 0 fully saturated rings. The standard InChI is InChI=1S/C19H24N2O4S/c1-14-6-4-7-16(12-14)21-26(23,24)17-9-8-15(2)18(13-17)19(22)20-10-5-11-25-3/h4,6-9,12-13,21H,5,10-11H2,1-3H3,(H,20,22). The van der Waals surface area contributed by atoms with E-state index in [4.69, 9.17) is 4.74 Å². The second kappa shape index (κ2) is 8.82. The molecule has 0 heterocycles. The van der Waals surface area contributed by atoms with Gasteiger partial charge in [0.25, 0.3) is 15.9 Å². The SMILES string of the molecule is COCCCNC(=O)c1cc(S(=O)(=O)Nc2cccc(C)c2)ccc1C. The number of benzene rings is 2. The number of carbonyl (C=O) groups is 1. The maximum atomic E-state index is 12.6. The second-order valence-corrected chi connectivity index (χ2v) is 7.74. The number of hydrogen-bond donors (Lipinski definition) is 2. The van der Waals surface area contributed by atoms with Gasteiger partial charge in [-0.15, -0.1) is 0 Å². The molecular weight excluding hydrogens is 352 g/mol. The van der Waals surface area contributed by atoms with Gasteiger partial charge in [0.1, 0.15) is 0 Å². The van der Waals surface area contributed by atoms with Crippen molar-refractivity contribution in [1.29, 1.82) is 0 Å². The van der Waals surface area contributed by atoms with Gasteiger partial charge in [-0.25, -0.2) is 8.42 Å². The average Bonchev–Trinajstić information content (AvgIpc) is 2.58. The van der Waals surface area contributed by atoms with Crippen LogP contribution >= 0.6 is 0 Å². The van der Waals surface area contributed by atoms with E-state index in [0.29, 0.717) is 36.4 Å². The van der Waals surface area contributed by atoms with Gasteiger partial charge >= 0.3 is 0 Å². The summed E-state index contributed by atoms with van der Waals surface area (Å²) in [6.07, 6.45) is 0.689. The molecule has 26 heavy (non-hydrogen) atoms. The molecule has 1 amide bonds. The first kappa shape index (κ1) is 19.9. The van der Waals surface area contributed by atoms with Gasteiger partial charge in [0.05, 0.1) is 4.90 Å². The Hall–Kier alpha value is -2.38. The van der Waals surface area contributed by atoms with Gasteiger partial charge in [-0.05, 0) is 55.7 Å². The van der Waals surface area contributed by atoms with Crippen LogP contribution in [0.2, 0.25) is 0 Å². The van der Waals surface area contributed by atoms with Gasteiger partial charge in [0.15, 0.2) is 0 Å². The largest absolute Gasteiger partial charge is 0.385 e. The van der Waals surface area contributed by atoms with Crippen molar-refractivity contribution in [3.63, 3.8) is 0 Å². The minimum absolute atomic E-state index is 0.0478. The molecule has 0 radical (unpaired) electrons. The minimum atomic E-state index is -3.78. The van der Waals surface area contributed by atoms with E-state index >= 15 is 0 Å². The molecule has 0 atom stereocenters. The topological polar surface area (TPSA) is 84.5 Å². The summed E-state index contributed by atoms with van der Waals surface area (Å²) in [5.74, 6) is -0.300. The fourth-order valence-corrected chi connectivity index (χ4v) is 3.52. The summed E-state index contributed by atoms with van der Waals surface area (Å²) in [4.78, 5) is 12.4. The van der Waals surface area contributed by atoms with Crippen LogP contribution in [0.15, 0.2) is 47.4 Å². The van der Waals surface area contributed by atoms with Crippen molar-refractivity contribution >= 4 is 21.6 Å². The maximum Gasteiger partial charge on any atom is 0.261 e. The number of carbonyl (C=O) groups excluding carboxylic acids is 1. The Kier molecular flexibility index (Phi) is 6.76. The molecule has 0 aliphatic carbocycles. The summed E-state index contributed by atoms with van der Waals surface area (Å²) in [5.41, 5.74) is 2.49. The van der Waals surface area contributed by atoms with E-state index in [-0.39, 0.29) is 10.8 Å². The van der Waals surface area contributed by atoms with E-state index in [2.05, 4.69) is 10.0 Å². The predicted molar refractivity (Wildman–Crippen MR) is 102 cm³/mol. The van der Waals surface area contributed by atoms with Gasteiger partial charge in [0.2, 0.25) is 0 Å². The lowest BCUT2D eigenvalue weighted by Crippen LogP contribution is -2.26. The molecule has 0 saturated carbocycles. The van der Waals surface area contributed by atoms with Gasteiger partial charge in [0, 0.05) is 31.5 Å². The van der Waals surface area contributed by atoms with Crippen LogP contribution in [0, 0.1) is 13.8 Å². The van der Waals surface area contributed by atoms with E-state index in [1.54, 1.807) is 38.3 Å². The lowest BCUT2D eigenvalue weighted by molar-refractivity contribution is 0.0948. The fourth-order valence-electron chi connectivity index (χ4n) is 2.45. The molecule has 140 valence electrons. The number of ether oxygens (including phenoxy) is 1. The van der Waals surface area contributed by atoms with Crippen molar-refractivity contribution in [2.24, 2.45) is 0 Å². The number of anilines is 1. The molecule has 2 N–H and O–H groups in total. The minimum Gasteiger partial charge on any atom is -0.385 e. The summed E-state index contributed by atoms with van der Waals surface area (Å²) in [7, 11) is -2.18. The van der Waals surface area contributed by atoms with Crippen LogP contribution in [-0.2, 0) is 14.8 Å². The van der Waals surface area contributed by atoms with Gasteiger partial charge < -0.3 is 10.1 Å². The van der Waals surface area contributed by atoms with Crippen molar-refractivity contribution in [2.75, 3.05) is 25.0 Å². The Balaban J connectivity index is 2.20. The highest BCUT2D eigenvalue weighted by molar-refractivity contribution is 7.92. The lowest BCUT2D eigenvalue weighted by atomic mass is 10.1. The molecule has 2 aromatic rings. The Morgan fingerprint density at radius 3 is 2.58 bits per heavy atom. The zero-order valence-electron chi connectivity index (χ0n) is 15.2. The summed E-state index contributed by atoms with van der Waals surface area (Å²) in [6, 6.07) is 11.6.